The maximum atomic E-state index is 12.0. The molecule has 0 saturated carbocycles. The van der Waals surface area contributed by atoms with E-state index in [1.807, 2.05) is 6.92 Å². The van der Waals surface area contributed by atoms with Crippen LogP contribution in [0.5, 0.6) is 0 Å². The molecule has 5 heteroatoms. The van der Waals surface area contributed by atoms with E-state index in [0.717, 1.165) is 19.4 Å². The minimum atomic E-state index is -1.24. The molecule has 0 spiro atoms. The van der Waals surface area contributed by atoms with Gasteiger partial charge < -0.3 is 20.8 Å². The third-order valence-corrected chi connectivity index (χ3v) is 3.37. The Labute approximate surface area is 96.2 Å². The Morgan fingerprint density at radius 1 is 1.62 bits per heavy atom. The van der Waals surface area contributed by atoms with Crippen molar-refractivity contribution in [3.8, 4) is 0 Å². The number of amides is 1. The fraction of sp³-hybridized carbons (Fsp3) is 0.909. The molecule has 1 aliphatic heterocycles. The molecule has 0 bridgehead atoms. The Bertz CT molecular complexity index is 248. The van der Waals surface area contributed by atoms with Gasteiger partial charge in [-0.15, -0.1) is 0 Å². The maximum Gasteiger partial charge on any atom is 0.227 e. The quantitative estimate of drug-likeness (QED) is 0.500. The van der Waals surface area contributed by atoms with Crippen LogP contribution in [0.4, 0.5) is 0 Å². The van der Waals surface area contributed by atoms with Crippen molar-refractivity contribution in [2.45, 2.75) is 32.3 Å². The Morgan fingerprint density at radius 2 is 2.31 bits per heavy atom. The van der Waals surface area contributed by atoms with E-state index >= 15 is 0 Å². The average Bonchev–Trinajstić information content (AvgIpc) is 2.76. The first-order valence-corrected chi connectivity index (χ1v) is 5.78. The lowest BCUT2D eigenvalue weighted by Crippen LogP contribution is -2.49. The second-order valence-electron chi connectivity index (χ2n) is 4.90. The van der Waals surface area contributed by atoms with E-state index < -0.39 is 5.60 Å². The standard InChI is InChI=1S/C11H22N2O3/c1-3-11(4-5-12-7-11)9(15)13-6-10(2,16)8-14/h12,14,16H,3-8H2,1-2H3,(H,13,15). The number of aliphatic hydroxyl groups is 2. The summed E-state index contributed by atoms with van der Waals surface area (Å²) in [6.07, 6.45) is 1.61. The Morgan fingerprint density at radius 3 is 2.75 bits per heavy atom. The molecule has 1 heterocycles. The molecule has 0 radical (unpaired) electrons. The Kier molecular flexibility index (Phi) is 4.29. The van der Waals surface area contributed by atoms with Crippen molar-refractivity contribution < 1.29 is 15.0 Å². The minimum absolute atomic E-state index is 0.0336. The average molecular weight is 230 g/mol. The van der Waals surface area contributed by atoms with Gasteiger partial charge in [0.25, 0.3) is 0 Å². The summed E-state index contributed by atoms with van der Waals surface area (Å²) in [5, 5.41) is 24.4. The highest BCUT2D eigenvalue weighted by Gasteiger charge is 2.39. The van der Waals surface area contributed by atoms with Gasteiger partial charge in [-0.2, -0.15) is 0 Å². The molecular weight excluding hydrogens is 208 g/mol. The molecular formula is C11H22N2O3. The Hall–Kier alpha value is -0.650. The molecule has 0 aromatic heterocycles. The normalized spacial score (nSPS) is 28.8. The van der Waals surface area contributed by atoms with Gasteiger partial charge in [0, 0.05) is 13.1 Å². The van der Waals surface area contributed by atoms with E-state index in [9.17, 15) is 9.90 Å². The van der Waals surface area contributed by atoms with Gasteiger partial charge in [-0.3, -0.25) is 4.79 Å². The molecule has 0 aromatic carbocycles. The molecule has 16 heavy (non-hydrogen) atoms. The number of hydrogen-bond donors (Lipinski definition) is 4. The van der Waals surface area contributed by atoms with E-state index in [0.29, 0.717) is 6.54 Å². The van der Waals surface area contributed by atoms with Crippen LogP contribution in [0.3, 0.4) is 0 Å². The minimum Gasteiger partial charge on any atom is -0.393 e. The molecule has 2 atom stereocenters. The topological polar surface area (TPSA) is 81.6 Å². The van der Waals surface area contributed by atoms with Crippen molar-refractivity contribution in [2.75, 3.05) is 26.2 Å². The van der Waals surface area contributed by atoms with Crippen LogP contribution in [-0.4, -0.2) is 48.0 Å². The molecule has 0 aromatic rings. The van der Waals surface area contributed by atoms with Crippen molar-refractivity contribution in [3.63, 3.8) is 0 Å². The second-order valence-corrected chi connectivity index (χ2v) is 4.90. The first kappa shape index (κ1) is 13.4. The second kappa shape index (κ2) is 5.12. The lowest BCUT2D eigenvalue weighted by atomic mass is 9.83. The van der Waals surface area contributed by atoms with Crippen LogP contribution in [0.1, 0.15) is 26.7 Å². The summed E-state index contributed by atoms with van der Waals surface area (Å²) in [5.41, 5.74) is -1.58. The number of carbonyl (C=O) groups is 1. The molecule has 4 N–H and O–H groups in total. The van der Waals surface area contributed by atoms with Gasteiger partial charge in [0.2, 0.25) is 5.91 Å². The molecule has 1 aliphatic rings. The third-order valence-electron chi connectivity index (χ3n) is 3.37. The molecule has 94 valence electrons. The van der Waals surface area contributed by atoms with Crippen LogP contribution in [0.25, 0.3) is 0 Å². The summed E-state index contributed by atoms with van der Waals surface area (Å²) in [6, 6.07) is 0. The van der Waals surface area contributed by atoms with Crippen LogP contribution in [0.2, 0.25) is 0 Å². The van der Waals surface area contributed by atoms with E-state index in [2.05, 4.69) is 10.6 Å². The first-order chi connectivity index (χ1) is 7.46. The van der Waals surface area contributed by atoms with Crippen molar-refractivity contribution in [1.29, 1.82) is 0 Å². The predicted molar refractivity (Wildman–Crippen MR) is 60.9 cm³/mol. The summed E-state index contributed by atoms with van der Waals surface area (Å²) < 4.78 is 0. The zero-order chi connectivity index (χ0) is 12.2. The predicted octanol–water partition coefficient (Wildman–Crippen LogP) is -0.764. The lowest BCUT2D eigenvalue weighted by Gasteiger charge is -2.28. The molecule has 0 aliphatic carbocycles. The van der Waals surface area contributed by atoms with Gasteiger partial charge >= 0.3 is 0 Å². The SMILES string of the molecule is CCC1(C(=O)NCC(C)(O)CO)CCNC1. The number of nitrogens with one attached hydrogen (secondary N) is 2. The van der Waals surface area contributed by atoms with E-state index in [-0.39, 0.29) is 24.5 Å². The fourth-order valence-corrected chi connectivity index (χ4v) is 1.91. The van der Waals surface area contributed by atoms with Gasteiger partial charge in [0.15, 0.2) is 0 Å². The van der Waals surface area contributed by atoms with Gasteiger partial charge in [0.05, 0.1) is 12.0 Å². The lowest BCUT2D eigenvalue weighted by molar-refractivity contribution is -0.131. The highest BCUT2D eigenvalue weighted by atomic mass is 16.3. The van der Waals surface area contributed by atoms with Gasteiger partial charge in [-0.1, -0.05) is 6.92 Å². The zero-order valence-corrected chi connectivity index (χ0v) is 10.0. The van der Waals surface area contributed by atoms with Crippen LogP contribution in [-0.2, 0) is 4.79 Å². The summed E-state index contributed by atoms with van der Waals surface area (Å²) in [5.74, 6) is -0.0336. The van der Waals surface area contributed by atoms with E-state index in [4.69, 9.17) is 5.11 Å². The van der Waals surface area contributed by atoms with Crippen LogP contribution >= 0.6 is 0 Å². The summed E-state index contributed by atoms with van der Waals surface area (Å²) >= 11 is 0. The van der Waals surface area contributed by atoms with Crippen LogP contribution in [0, 0.1) is 5.41 Å². The third kappa shape index (κ3) is 2.93. The van der Waals surface area contributed by atoms with Gasteiger partial charge in [0.1, 0.15) is 5.60 Å². The highest BCUT2D eigenvalue weighted by molar-refractivity contribution is 5.83. The highest BCUT2D eigenvalue weighted by Crippen LogP contribution is 2.29. The fourth-order valence-electron chi connectivity index (χ4n) is 1.91. The number of hydrogen-bond acceptors (Lipinski definition) is 4. The number of carbonyl (C=O) groups excluding carboxylic acids is 1. The molecule has 2 unspecified atom stereocenters. The molecule has 1 fully saturated rings. The van der Waals surface area contributed by atoms with Crippen LogP contribution in [0.15, 0.2) is 0 Å². The Balaban J connectivity index is 2.51. The number of rotatable bonds is 5. The zero-order valence-electron chi connectivity index (χ0n) is 10.0. The van der Waals surface area contributed by atoms with Gasteiger partial charge in [-0.05, 0) is 26.3 Å². The molecule has 5 nitrogen and oxygen atoms in total. The monoisotopic (exact) mass is 230 g/mol. The summed E-state index contributed by atoms with van der Waals surface area (Å²) in [7, 11) is 0. The molecule has 1 amide bonds. The summed E-state index contributed by atoms with van der Waals surface area (Å²) in [6.45, 7) is 4.78. The summed E-state index contributed by atoms with van der Waals surface area (Å²) in [4.78, 5) is 12.0. The number of aliphatic hydroxyl groups excluding tert-OH is 1. The van der Waals surface area contributed by atoms with Crippen LogP contribution < -0.4 is 10.6 Å². The smallest absolute Gasteiger partial charge is 0.227 e. The van der Waals surface area contributed by atoms with Crippen molar-refractivity contribution in [3.05, 3.63) is 0 Å². The van der Waals surface area contributed by atoms with Gasteiger partial charge in [-0.25, -0.2) is 0 Å². The van der Waals surface area contributed by atoms with E-state index in [1.54, 1.807) is 0 Å². The largest absolute Gasteiger partial charge is 0.393 e. The first-order valence-electron chi connectivity index (χ1n) is 5.78. The van der Waals surface area contributed by atoms with Crippen molar-refractivity contribution >= 4 is 5.91 Å². The molecule has 1 rings (SSSR count). The van der Waals surface area contributed by atoms with E-state index in [1.165, 1.54) is 6.92 Å². The maximum absolute atomic E-state index is 12.0. The molecule has 1 saturated heterocycles. The van der Waals surface area contributed by atoms with Crippen molar-refractivity contribution in [2.24, 2.45) is 5.41 Å². The van der Waals surface area contributed by atoms with Crippen molar-refractivity contribution in [1.82, 2.24) is 10.6 Å².